The SMILES string of the molecule is C=C(CCC(=O)C(C)(C)C)CC(C)(C)C. The summed E-state index contributed by atoms with van der Waals surface area (Å²) in [5.74, 6) is 0.331. The topological polar surface area (TPSA) is 17.1 Å². The Hall–Kier alpha value is -0.590. The predicted octanol–water partition coefficient (Wildman–Crippen LogP) is 4.37. The maximum atomic E-state index is 11.7. The Morgan fingerprint density at radius 1 is 1.00 bits per heavy atom. The van der Waals surface area contributed by atoms with Crippen molar-refractivity contribution in [1.29, 1.82) is 0 Å². The van der Waals surface area contributed by atoms with E-state index in [1.807, 2.05) is 20.8 Å². The largest absolute Gasteiger partial charge is 0.299 e. The molecule has 0 aliphatic rings. The summed E-state index contributed by atoms with van der Waals surface area (Å²) in [5.41, 5.74) is 1.27. The summed E-state index contributed by atoms with van der Waals surface area (Å²) >= 11 is 0. The van der Waals surface area contributed by atoms with Crippen LogP contribution in [0.4, 0.5) is 0 Å². The van der Waals surface area contributed by atoms with Crippen molar-refractivity contribution < 1.29 is 4.79 Å². The minimum Gasteiger partial charge on any atom is -0.299 e. The molecule has 0 radical (unpaired) electrons. The van der Waals surface area contributed by atoms with Gasteiger partial charge in [-0.1, -0.05) is 53.7 Å². The van der Waals surface area contributed by atoms with Crippen molar-refractivity contribution in [1.82, 2.24) is 0 Å². The number of hydrogen-bond donors (Lipinski definition) is 0. The van der Waals surface area contributed by atoms with Crippen molar-refractivity contribution in [2.75, 3.05) is 0 Å². The van der Waals surface area contributed by atoms with Crippen molar-refractivity contribution in [3.8, 4) is 0 Å². The van der Waals surface area contributed by atoms with Crippen molar-refractivity contribution in [3.63, 3.8) is 0 Å². The first kappa shape index (κ1) is 14.4. The molecule has 0 heterocycles. The quantitative estimate of drug-likeness (QED) is 0.629. The Morgan fingerprint density at radius 3 is 1.80 bits per heavy atom. The molecule has 0 saturated carbocycles. The zero-order valence-electron chi connectivity index (χ0n) is 11.2. The Balaban J connectivity index is 3.98. The molecule has 0 aliphatic carbocycles. The Morgan fingerprint density at radius 2 is 1.47 bits per heavy atom. The van der Waals surface area contributed by atoms with E-state index in [0.29, 0.717) is 12.2 Å². The second-order valence-electron chi connectivity index (χ2n) is 6.66. The highest BCUT2D eigenvalue weighted by Gasteiger charge is 2.21. The molecule has 0 saturated heterocycles. The van der Waals surface area contributed by atoms with Gasteiger partial charge in [0.25, 0.3) is 0 Å². The van der Waals surface area contributed by atoms with Gasteiger partial charge in [0.05, 0.1) is 0 Å². The zero-order chi connectivity index (χ0) is 12.3. The van der Waals surface area contributed by atoms with Gasteiger partial charge in [0.15, 0.2) is 0 Å². The molecule has 0 aliphatic heterocycles. The van der Waals surface area contributed by atoms with Crippen LogP contribution in [0.15, 0.2) is 12.2 Å². The summed E-state index contributed by atoms with van der Waals surface area (Å²) < 4.78 is 0. The second-order valence-corrected chi connectivity index (χ2v) is 6.66. The fraction of sp³-hybridized carbons (Fsp3) is 0.786. The molecule has 0 spiro atoms. The second kappa shape index (κ2) is 4.96. The monoisotopic (exact) mass is 210 g/mol. The van der Waals surface area contributed by atoms with Gasteiger partial charge in [-0.15, -0.1) is 0 Å². The van der Waals surface area contributed by atoms with Gasteiger partial charge in [-0.25, -0.2) is 0 Å². The van der Waals surface area contributed by atoms with Crippen molar-refractivity contribution in [3.05, 3.63) is 12.2 Å². The van der Waals surface area contributed by atoms with Crippen LogP contribution in [0.3, 0.4) is 0 Å². The molecule has 1 heteroatoms. The van der Waals surface area contributed by atoms with E-state index in [1.54, 1.807) is 0 Å². The molecule has 0 amide bonds. The molecular formula is C14H26O. The predicted molar refractivity (Wildman–Crippen MR) is 66.9 cm³/mol. The van der Waals surface area contributed by atoms with Crippen molar-refractivity contribution in [2.45, 2.75) is 60.8 Å². The van der Waals surface area contributed by atoms with Gasteiger partial charge in [0.2, 0.25) is 0 Å². The van der Waals surface area contributed by atoms with E-state index in [1.165, 1.54) is 5.57 Å². The molecule has 0 aromatic heterocycles. The highest BCUT2D eigenvalue weighted by Crippen LogP contribution is 2.27. The number of rotatable bonds is 4. The molecule has 0 unspecified atom stereocenters. The number of hydrogen-bond acceptors (Lipinski definition) is 1. The summed E-state index contributed by atoms with van der Waals surface area (Å²) in [6, 6.07) is 0. The van der Waals surface area contributed by atoms with E-state index < -0.39 is 0 Å². The maximum absolute atomic E-state index is 11.7. The fourth-order valence-electron chi connectivity index (χ4n) is 1.50. The van der Waals surface area contributed by atoms with Crippen LogP contribution in [0.2, 0.25) is 0 Å². The molecule has 0 aromatic carbocycles. The lowest BCUT2D eigenvalue weighted by atomic mass is 9.84. The average Bonchev–Trinajstić information content (AvgIpc) is 1.94. The molecule has 0 fully saturated rings. The zero-order valence-corrected chi connectivity index (χ0v) is 11.2. The number of ketones is 1. The minimum absolute atomic E-state index is 0.206. The van der Waals surface area contributed by atoms with Gasteiger partial charge < -0.3 is 0 Å². The van der Waals surface area contributed by atoms with E-state index in [9.17, 15) is 4.79 Å². The summed E-state index contributed by atoms with van der Waals surface area (Å²) in [4.78, 5) is 11.7. The Labute approximate surface area is 95.0 Å². The van der Waals surface area contributed by atoms with Gasteiger partial charge in [-0.3, -0.25) is 4.79 Å². The molecule has 0 aromatic rings. The average molecular weight is 210 g/mol. The van der Waals surface area contributed by atoms with Crippen LogP contribution in [-0.4, -0.2) is 5.78 Å². The smallest absolute Gasteiger partial charge is 0.138 e. The molecular weight excluding hydrogens is 184 g/mol. The van der Waals surface area contributed by atoms with E-state index in [-0.39, 0.29) is 10.8 Å². The van der Waals surface area contributed by atoms with Crippen LogP contribution in [0, 0.1) is 10.8 Å². The van der Waals surface area contributed by atoms with Crippen LogP contribution in [0.5, 0.6) is 0 Å². The minimum atomic E-state index is -0.206. The molecule has 0 atom stereocenters. The van der Waals surface area contributed by atoms with Gasteiger partial charge >= 0.3 is 0 Å². The lowest BCUT2D eigenvalue weighted by Gasteiger charge is -2.21. The van der Waals surface area contributed by atoms with E-state index in [2.05, 4.69) is 27.4 Å². The van der Waals surface area contributed by atoms with E-state index >= 15 is 0 Å². The summed E-state index contributed by atoms with van der Waals surface area (Å²) in [7, 11) is 0. The fourth-order valence-corrected chi connectivity index (χ4v) is 1.50. The molecule has 1 nitrogen and oxygen atoms in total. The third-order valence-corrected chi connectivity index (χ3v) is 2.32. The first-order valence-electron chi connectivity index (χ1n) is 5.72. The lowest BCUT2D eigenvalue weighted by molar-refractivity contribution is -0.126. The highest BCUT2D eigenvalue weighted by molar-refractivity contribution is 5.83. The first-order chi connectivity index (χ1) is 6.52. The van der Waals surface area contributed by atoms with Gasteiger partial charge in [0.1, 0.15) is 5.78 Å². The Kier molecular flexibility index (Phi) is 4.76. The van der Waals surface area contributed by atoms with Gasteiger partial charge in [0, 0.05) is 11.8 Å². The lowest BCUT2D eigenvalue weighted by Crippen LogP contribution is -2.20. The van der Waals surface area contributed by atoms with Crippen LogP contribution in [-0.2, 0) is 4.79 Å². The standard InChI is InChI=1S/C14H26O/c1-11(10-13(2,3)4)8-9-12(15)14(5,6)7/h1,8-10H2,2-7H3. The Bertz CT molecular complexity index is 235. The van der Waals surface area contributed by atoms with Gasteiger partial charge in [-0.2, -0.15) is 0 Å². The normalized spacial score (nSPS) is 12.7. The number of allylic oxidation sites excluding steroid dienone is 1. The van der Waals surface area contributed by atoms with Gasteiger partial charge in [-0.05, 0) is 18.3 Å². The third kappa shape index (κ3) is 7.35. The van der Waals surface area contributed by atoms with E-state index in [4.69, 9.17) is 0 Å². The maximum Gasteiger partial charge on any atom is 0.138 e. The molecule has 0 bridgehead atoms. The summed E-state index contributed by atoms with van der Waals surface area (Å²) in [5, 5.41) is 0. The molecule has 0 N–H and O–H groups in total. The third-order valence-electron chi connectivity index (χ3n) is 2.32. The van der Waals surface area contributed by atoms with Crippen LogP contribution < -0.4 is 0 Å². The number of Topliss-reactive ketones (excluding diaryl/α,β-unsaturated/α-hetero) is 1. The van der Waals surface area contributed by atoms with Crippen LogP contribution in [0.25, 0.3) is 0 Å². The summed E-state index contributed by atoms with van der Waals surface area (Å²) in [6.07, 6.45) is 2.48. The number of carbonyl (C=O) groups excluding carboxylic acids is 1. The first-order valence-corrected chi connectivity index (χ1v) is 5.72. The molecule has 15 heavy (non-hydrogen) atoms. The number of carbonyl (C=O) groups is 1. The van der Waals surface area contributed by atoms with Crippen molar-refractivity contribution >= 4 is 5.78 Å². The van der Waals surface area contributed by atoms with E-state index in [0.717, 1.165) is 12.8 Å². The van der Waals surface area contributed by atoms with Crippen molar-refractivity contribution in [2.24, 2.45) is 10.8 Å². The molecule has 0 rings (SSSR count). The highest BCUT2D eigenvalue weighted by atomic mass is 16.1. The van der Waals surface area contributed by atoms with Crippen LogP contribution >= 0.6 is 0 Å². The summed E-state index contributed by atoms with van der Waals surface area (Å²) in [6.45, 7) is 16.6. The molecule has 88 valence electrons. The van der Waals surface area contributed by atoms with Crippen LogP contribution in [0.1, 0.15) is 60.8 Å².